The summed E-state index contributed by atoms with van der Waals surface area (Å²) < 4.78 is 0. The second kappa shape index (κ2) is 8.02. The first kappa shape index (κ1) is 26.1. The fraction of sp³-hybridized carbons (Fsp3) is 0.833. The van der Waals surface area contributed by atoms with Gasteiger partial charge in [-0.05, 0) is 92.4 Å². The van der Waals surface area contributed by atoms with E-state index in [1.54, 1.807) is 26.0 Å². The van der Waals surface area contributed by atoms with E-state index in [2.05, 4.69) is 41.5 Å². The highest BCUT2D eigenvalue weighted by molar-refractivity contribution is 5.95. The molecular formula is C30H48O4. The lowest BCUT2D eigenvalue weighted by molar-refractivity contribution is -0.165. The van der Waals surface area contributed by atoms with E-state index in [9.17, 15) is 20.1 Å². The van der Waals surface area contributed by atoms with Crippen molar-refractivity contribution in [3.05, 3.63) is 23.8 Å². The first-order chi connectivity index (χ1) is 15.5. The summed E-state index contributed by atoms with van der Waals surface area (Å²) in [6.07, 6.45) is 10.3. The normalized spacial score (nSPS) is 45.9. The molecule has 3 fully saturated rings. The number of allylic oxidation sites excluding steroid dienone is 1. The number of ketones is 1. The number of aliphatic hydroxyl groups is 3. The van der Waals surface area contributed by atoms with E-state index in [1.807, 2.05) is 6.08 Å². The van der Waals surface area contributed by atoms with Gasteiger partial charge in [0.15, 0.2) is 5.78 Å². The van der Waals surface area contributed by atoms with E-state index in [0.717, 1.165) is 38.5 Å². The maximum Gasteiger partial charge on any atom is 0.159 e. The summed E-state index contributed by atoms with van der Waals surface area (Å²) in [6.45, 7) is 16.9. The molecule has 0 aliphatic heterocycles. The molecule has 9 unspecified atom stereocenters. The van der Waals surface area contributed by atoms with Crippen LogP contribution in [0.2, 0.25) is 0 Å². The molecule has 0 heterocycles. The van der Waals surface area contributed by atoms with Gasteiger partial charge in [-0.1, -0.05) is 59.3 Å². The Balaban J connectivity index is 1.69. The predicted molar refractivity (Wildman–Crippen MR) is 136 cm³/mol. The molecule has 4 rings (SSSR count). The molecule has 9 atom stereocenters. The Morgan fingerprint density at radius 1 is 1.03 bits per heavy atom. The summed E-state index contributed by atoms with van der Waals surface area (Å²) in [6, 6.07) is 0. The third-order valence-electron chi connectivity index (χ3n) is 11.5. The van der Waals surface area contributed by atoms with Crippen LogP contribution in [-0.2, 0) is 4.79 Å². The molecule has 3 saturated carbocycles. The van der Waals surface area contributed by atoms with Gasteiger partial charge in [0.2, 0.25) is 0 Å². The van der Waals surface area contributed by atoms with E-state index >= 15 is 0 Å². The highest BCUT2D eigenvalue weighted by Crippen LogP contribution is 2.74. The highest BCUT2D eigenvalue weighted by atomic mass is 16.3. The predicted octanol–water partition coefficient (Wildman–Crippen LogP) is 5.46. The van der Waals surface area contributed by atoms with Gasteiger partial charge >= 0.3 is 0 Å². The van der Waals surface area contributed by atoms with Gasteiger partial charge in [-0.25, -0.2) is 0 Å². The van der Waals surface area contributed by atoms with Crippen LogP contribution in [0.5, 0.6) is 0 Å². The Kier molecular flexibility index (Phi) is 6.15. The molecule has 0 saturated heterocycles. The molecule has 0 spiro atoms. The second-order valence-electron chi connectivity index (χ2n) is 14.2. The molecule has 0 amide bonds. The standard InChI is InChI=1S/C30H48O4/c1-18(22(31)12-13-26(2,3)34)19-11-14-30(8)25-23(32)17-21-20(9-10-24(33)27(21,4)5)28(25,6)15-16-29(19,30)7/h12-13,17-20,22,24-25,31,33-34H,9-11,14-16H2,1-8H3. The van der Waals surface area contributed by atoms with Crippen LogP contribution in [-0.4, -0.2) is 38.9 Å². The van der Waals surface area contributed by atoms with Gasteiger partial charge in [0.25, 0.3) is 0 Å². The lowest BCUT2D eigenvalue weighted by atomic mass is 9.39. The van der Waals surface area contributed by atoms with E-state index in [0.29, 0.717) is 11.8 Å². The van der Waals surface area contributed by atoms with Crippen LogP contribution < -0.4 is 0 Å². The number of aliphatic hydroxyl groups excluding tert-OH is 2. The molecule has 34 heavy (non-hydrogen) atoms. The van der Waals surface area contributed by atoms with Crippen molar-refractivity contribution in [1.29, 1.82) is 0 Å². The highest BCUT2D eigenvalue weighted by Gasteiger charge is 2.69. The first-order valence-corrected chi connectivity index (χ1v) is 13.5. The van der Waals surface area contributed by atoms with Crippen molar-refractivity contribution in [2.75, 3.05) is 0 Å². The Morgan fingerprint density at radius 3 is 2.29 bits per heavy atom. The summed E-state index contributed by atoms with van der Waals surface area (Å²) in [5.41, 5.74) is -0.329. The number of rotatable bonds is 4. The van der Waals surface area contributed by atoms with Crippen molar-refractivity contribution in [1.82, 2.24) is 0 Å². The van der Waals surface area contributed by atoms with Crippen LogP contribution in [0.15, 0.2) is 23.8 Å². The maximum absolute atomic E-state index is 14.0. The summed E-state index contributed by atoms with van der Waals surface area (Å²) in [7, 11) is 0. The fourth-order valence-corrected chi connectivity index (χ4v) is 9.12. The van der Waals surface area contributed by atoms with Crippen molar-refractivity contribution >= 4 is 5.78 Å². The minimum Gasteiger partial charge on any atom is -0.392 e. The van der Waals surface area contributed by atoms with Gasteiger partial charge in [0, 0.05) is 11.3 Å². The topological polar surface area (TPSA) is 77.8 Å². The monoisotopic (exact) mass is 472 g/mol. The third kappa shape index (κ3) is 3.61. The Hall–Kier alpha value is -0.970. The molecule has 192 valence electrons. The fourth-order valence-electron chi connectivity index (χ4n) is 9.12. The van der Waals surface area contributed by atoms with Gasteiger partial charge in [-0.15, -0.1) is 0 Å². The lowest BCUT2D eigenvalue weighted by Gasteiger charge is -2.65. The Morgan fingerprint density at radius 2 is 1.68 bits per heavy atom. The van der Waals surface area contributed by atoms with Crippen molar-refractivity contribution in [3.63, 3.8) is 0 Å². The minimum absolute atomic E-state index is 0.0141. The van der Waals surface area contributed by atoms with Crippen LogP contribution in [0, 0.1) is 45.3 Å². The van der Waals surface area contributed by atoms with Crippen LogP contribution >= 0.6 is 0 Å². The Labute approximate surface area is 206 Å². The molecule has 4 aliphatic rings. The van der Waals surface area contributed by atoms with Crippen molar-refractivity contribution in [2.45, 2.75) is 112 Å². The first-order valence-electron chi connectivity index (χ1n) is 13.5. The quantitative estimate of drug-likeness (QED) is 0.475. The van der Waals surface area contributed by atoms with Crippen molar-refractivity contribution in [3.8, 4) is 0 Å². The number of hydrogen-bond donors (Lipinski definition) is 3. The van der Waals surface area contributed by atoms with Gasteiger partial charge < -0.3 is 15.3 Å². The van der Waals surface area contributed by atoms with Gasteiger partial charge in [0.05, 0.1) is 17.8 Å². The molecule has 4 heteroatoms. The van der Waals surface area contributed by atoms with E-state index in [-0.39, 0.29) is 45.4 Å². The van der Waals surface area contributed by atoms with Gasteiger partial charge in [-0.2, -0.15) is 0 Å². The molecule has 0 bridgehead atoms. The number of hydrogen-bond acceptors (Lipinski definition) is 4. The molecule has 4 nitrogen and oxygen atoms in total. The van der Waals surface area contributed by atoms with Gasteiger partial charge in [0.1, 0.15) is 0 Å². The second-order valence-corrected chi connectivity index (χ2v) is 14.2. The van der Waals surface area contributed by atoms with E-state index < -0.39 is 11.7 Å². The summed E-state index contributed by atoms with van der Waals surface area (Å²) in [5, 5.41) is 31.8. The molecule has 0 radical (unpaired) electrons. The third-order valence-corrected chi connectivity index (χ3v) is 11.5. The average molecular weight is 473 g/mol. The number of carbonyl (C=O) groups excluding carboxylic acids is 1. The molecule has 4 aliphatic carbocycles. The van der Waals surface area contributed by atoms with E-state index in [4.69, 9.17) is 0 Å². The molecular weight excluding hydrogens is 424 g/mol. The van der Waals surface area contributed by atoms with Crippen LogP contribution in [0.3, 0.4) is 0 Å². The van der Waals surface area contributed by atoms with E-state index in [1.165, 1.54) is 5.57 Å². The van der Waals surface area contributed by atoms with Crippen molar-refractivity contribution in [2.24, 2.45) is 45.3 Å². The van der Waals surface area contributed by atoms with Gasteiger partial charge in [-0.3, -0.25) is 4.79 Å². The zero-order valence-electron chi connectivity index (χ0n) is 22.7. The molecule has 0 aromatic heterocycles. The average Bonchev–Trinajstić information content (AvgIpc) is 2.99. The largest absolute Gasteiger partial charge is 0.392 e. The summed E-state index contributed by atoms with van der Waals surface area (Å²) in [4.78, 5) is 14.0. The number of fused-ring (bicyclic) bond motifs is 5. The van der Waals surface area contributed by atoms with Crippen LogP contribution in [0.1, 0.15) is 93.9 Å². The Bertz CT molecular complexity index is 894. The SMILES string of the molecule is CC(C(O)C=CC(C)(C)O)C1CCC2(C)C3C(=O)C=C4C(CCC(O)C4(C)C)C3(C)CCC12C. The molecule has 0 aromatic rings. The zero-order valence-corrected chi connectivity index (χ0v) is 22.7. The smallest absolute Gasteiger partial charge is 0.159 e. The van der Waals surface area contributed by atoms with Crippen molar-refractivity contribution < 1.29 is 20.1 Å². The van der Waals surface area contributed by atoms with Crippen LogP contribution in [0.4, 0.5) is 0 Å². The van der Waals surface area contributed by atoms with Crippen LogP contribution in [0.25, 0.3) is 0 Å². The zero-order chi connectivity index (χ0) is 25.5. The molecule has 0 aromatic carbocycles. The summed E-state index contributed by atoms with van der Waals surface area (Å²) >= 11 is 0. The summed E-state index contributed by atoms with van der Waals surface area (Å²) in [5.74, 6) is 0.987. The number of carbonyl (C=O) groups is 1. The lowest BCUT2D eigenvalue weighted by Crippen LogP contribution is -2.62. The molecule has 3 N–H and O–H groups in total. The maximum atomic E-state index is 14.0. The minimum atomic E-state index is -0.943.